The van der Waals surface area contributed by atoms with Crippen LogP contribution < -0.4 is 4.72 Å². The molecular formula is C14H17ClF3NO3S. The van der Waals surface area contributed by atoms with E-state index in [9.17, 15) is 26.7 Å². The molecule has 2 N–H and O–H groups in total. The third-order valence-electron chi connectivity index (χ3n) is 4.29. The fourth-order valence-electron chi connectivity index (χ4n) is 2.77. The number of aliphatic hydroxyl groups excluding tert-OH is 1. The molecule has 0 amide bonds. The Bertz CT molecular complexity index is 693. The minimum Gasteiger partial charge on any atom is -0.396 e. The van der Waals surface area contributed by atoms with Crippen LogP contribution in [0.4, 0.5) is 13.2 Å². The fraction of sp³-hybridized carbons (Fsp3) is 0.571. The molecule has 130 valence electrons. The summed E-state index contributed by atoms with van der Waals surface area (Å²) in [4.78, 5) is -0.499. The van der Waals surface area contributed by atoms with E-state index in [1.807, 2.05) is 0 Å². The zero-order valence-electron chi connectivity index (χ0n) is 12.3. The number of sulfonamides is 1. The predicted octanol–water partition coefficient (Wildman–Crippen LogP) is 3.19. The van der Waals surface area contributed by atoms with Crippen LogP contribution in [0, 0.1) is 5.41 Å². The average Bonchev–Trinajstić information content (AvgIpc) is 2.79. The van der Waals surface area contributed by atoms with Crippen LogP contribution in [0.2, 0.25) is 5.02 Å². The summed E-state index contributed by atoms with van der Waals surface area (Å²) in [7, 11) is -4.14. The topological polar surface area (TPSA) is 66.4 Å². The highest BCUT2D eigenvalue weighted by atomic mass is 35.5. The van der Waals surface area contributed by atoms with E-state index in [-0.39, 0.29) is 6.61 Å². The largest absolute Gasteiger partial charge is 0.417 e. The predicted molar refractivity (Wildman–Crippen MR) is 79.6 cm³/mol. The first-order valence-corrected chi connectivity index (χ1v) is 8.86. The third-order valence-corrected chi connectivity index (χ3v) is 6.09. The van der Waals surface area contributed by atoms with Gasteiger partial charge in [-0.1, -0.05) is 24.9 Å². The Kier molecular flexibility index (Phi) is 5.02. The zero-order chi connectivity index (χ0) is 17.5. The molecule has 1 saturated carbocycles. The quantitative estimate of drug-likeness (QED) is 0.854. The molecule has 1 aliphatic rings. The van der Waals surface area contributed by atoms with Gasteiger partial charge in [-0.2, -0.15) is 13.2 Å². The van der Waals surface area contributed by atoms with Crippen LogP contribution in [-0.4, -0.2) is 26.2 Å². The first-order valence-electron chi connectivity index (χ1n) is 6.99. The smallest absolute Gasteiger partial charge is 0.396 e. The number of hydrogen-bond acceptors (Lipinski definition) is 3. The lowest BCUT2D eigenvalue weighted by Gasteiger charge is -2.29. The fourth-order valence-corrected chi connectivity index (χ4v) is 4.43. The third kappa shape index (κ3) is 3.81. The number of hydrogen-bond donors (Lipinski definition) is 2. The van der Waals surface area contributed by atoms with E-state index < -0.39 is 43.1 Å². The number of aliphatic hydroxyl groups is 1. The van der Waals surface area contributed by atoms with Crippen LogP contribution in [0.5, 0.6) is 0 Å². The van der Waals surface area contributed by atoms with Crippen molar-refractivity contribution in [1.29, 1.82) is 0 Å². The van der Waals surface area contributed by atoms with Crippen LogP contribution >= 0.6 is 11.6 Å². The highest BCUT2D eigenvalue weighted by molar-refractivity contribution is 7.89. The number of benzene rings is 1. The minimum absolute atomic E-state index is 0.200. The normalized spacial score (nSPS) is 25.7. The van der Waals surface area contributed by atoms with E-state index in [0.29, 0.717) is 18.9 Å². The summed E-state index contributed by atoms with van der Waals surface area (Å²) in [5.41, 5.74) is -1.81. The van der Waals surface area contributed by atoms with E-state index >= 15 is 0 Å². The number of nitrogens with one attached hydrogen (secondary N) is 1. The first-order chi connectivity index (χ1) is 10.5. The lowest BCUT2D eigenvalue weighted by Crippen LogP contribution is -2.44. The van der Waals surface area contributed by atoms with Crippen molar-refractivity contribution >= 4 is 21.6 Å². The Morgan fingerprint density at radius 2 is 2.09 bits per heavy atom. The second-order valence-electron chi connectivity index (χ2n) is 6.02. The molecule has 2 rings (SSSR count). The van der Waals surface area contributed by atoms with Crippen molar-refractivity contribution < 1.29 is 26.7 Å². The first kappa shape index (κ1) is 18.5. The van der Waals surface area contributed by atoms with E-state index in [1.165, 1.54) is 0 Å². The highest BCUT2D eigenvalue weighted by Crippen LogP contribution is 2.39. The van der Waals surface area contributed by atoms with Gasteiger partial charge in [0.15, 0.2) is 0 Å². The number of rotatable bonds is 4. The zero-order valence-corrected chi connectivity index (χ0v) is 13.9. The van der Waals surface area contributed by atoms with Crippen LogP contribution in [0.3, 0.4) is 0 Å². The molecule has 1 aliphatic carbocycles. The maximum absolute atomic E-state index is 12.9. The number of halogens is 4. The Morgan fingerprint density at radius 3 is 2.65 bits per heavy atom. The molecule has 0 saturated heterocycles. The lowest BCUT2D eigenvalue weighted by molar-refractivity contribution is -0.137. The highest BCUT2D eigenvalue weighted by Gasteiger charge is 2.41. The molecule has 0 spiro atoms. The maximum atomic E-state index is 12.9. The van der Waals surface area contributed by atoms with Gasteiger partial charge in [-0.3, -0.25) is 0 Å². The molecule has 0 heterocycles. The van der Waals surface area contributed by atoms with Crippen LogP contribution in [0.25, 0.3) is 0 Å². The van der Waals surface area contributed by atoms with E-state index in [2.05, 4.69) is 4.72 Å². The van der Waals surface area contributed by atoms with Crippen LogP contribution in [0.1, 0.15) is 31.7 Å². The molecule has 0 unspecified atom stereocenters. The van der Waals surface area contributed by atoms with Gasteiger partial charge >= 0.3 is 6.18 Å². The van der Waals surface area contributed by atoms with Gasteiger partial charge in [0.05, 0.1) is 15.5 Å². The van der Waals surface area contributed by atoms with Gasteiger partial charge in [0.2, 0.25) is 10.0 Å². The standard InChI is InChI=1S/C14H17ClF3NO3S/c1-13(8-20)6-2-3-12(13)19-23(21,22)9-4-5-11(15)10(7-9)14(16,17)18/h4-5,7,12,19-20H,2-3,6,8H2,1H3/t12-,13+/m0/s1. The van der Waals surface area contributed by atoms with Gasteiger partial charge in [-0.15, -0.1) is 0 Å². The van der Waals surface area contributed by atoms with Gasteiger partial charge in [-0.05, 0) is 31.0 Å². The van der Waals surface area contributed by atoms with Crippen molar-refractivity contribution in [2.24, 2.45) is 5.41 Å². The summed E-state index contributed by atoms with van der Waals surface area (Å²) in [6.07, 6.45) is -2.84. The molecule has 2 atom stereocenters. The molecule has 23 heavy (non-hydrogen) atoms. The molecule has 1 aromatic carbocycles. The molecule has 4 nitrogen and oxygen atoms in total. The Balaban J connectivity index is 2.34. The van der Waals surface area contributed by atoms with Gasteiger partial charge in [-0.25, -0.2) is 13.1 Å². The van der Waals surface area contributed by atoms with Gasteiger partial charge in [0, 0.05) is 18.1 Å². The summed E-state index contributed by atoms with van der Waals surface area (Å²) in [5, 5.41) is 8.89. The van der Waals surface area contributed by atoms with Crippen molar-refractivity contribution in [2.75, 3.05) is 6.61 Å². The van der Waals surface area contributed by atoms with Gasteiger partial charge in [0.25, 0.3) is 0 Å². The van der Waals surface area contributed by atoms with Crippen molar-refractivity contribution in [2.45, 2.75) is 43.3 Å². The van der Waals surface area contributed by atoms with Crippen molar-refractivity contribution in [3.8, 4) is 0 Å². The average molecular weight is 372 g/mol. The summed E-state index contributed by atoms with van der Waals surface area (Å²) < 4.78 is 65.8. The maximum Gasteiger partial charge on any atom is 0.417 e. The molecule has 0 bridgehead atoms. The molecule has 1 fully saturated rings. The Morgan fingerprint density at radius 1 is 1.43 bits per heavy atom. The van der Waals surface area contributed by atoms with Crippen molar-refractivity contribution in [1.82, 2.24) is 4.72 Å². The molecular weight excluding hydrogens is 355 g/mol. The van der Waals surface area contributed by atoms with E-state index in [4.69, 9.17) is 11.6 Å². The molecule has 1 aromatic rings. The minimum atomic E-state index is -4.74. The second-order valence-corrected chi connectivity index (χ2v) is 8.14. The summed E-state index contributed by atoms with van der Waals surface area (Å²) in [6.45, 7) is 1.55. The Labute approximate surface area is 137 Å². The van der Waals surface area contributed by atoms with Crippen LogP contribution in [0.15, 0.2) is 23.1 Å². The van der Waals surface area contributed by atoms with E-state index in [0.717, 1.165) is 18.6 Å². The monoisotopic (exact) mass is 371 g/mol. The lowest BCUT2D eigenvalue weighted by atomic mass is 9.86. The van der Waals surface area contributed by atoms with Gasteiger partial charge < -0.3 is 5.11 Å². The number of alkyl halides is 3. The Hall–Kier alpha value is -0.830. The molecule has 9 heteroatoms. The molecule has 0 aromatic heterocycles. The summed E-state index contributed by atoms with van der Waals surface area (Å²) in [6, 6.07) is 1.95. The second kappa shape index (κ2) is 6.23. The van der Waals surface area contributed by atoms with Crippen LogP contribution in [-0.2, 0) is 16.2 Å². The summed E-state index contributed by atoms with van der Waals surface area (Å²) in [5.74, 6) is 0. The van der Waals surface area contributed by atoms with Crippen molar-refractivity contribution in [3.05, 3.63) is 28.8 Å². The SMILES string of the molecule is C[C@]1(CO)CCC[C@@H]1NS(=O)(=O)c1ccc(Cl)c(C(F)(F)F)c1. The van der Waals surface area contributed by atoms with Crippen molar-refractivity contribution in [3.63, 3.8) is 0 Å². The van der Waals surface area contributed by atoms with E-state index in [1.54, 1.807) is 6.92 Å². The van der Waals surface area contributed by atoms with Gasteiger partial charge in [0.1, 0.15) is 0 Å². The molecule has 0 radical (unpaired) electrons. The molecule has 0 aliphatic heterocycles. The summed E-state index contributed by atoms with van der Waals surface area (Å²) >= 11 is 5.50.